The van der Waals surface area contributed by atoms with Crippen LogP contribution >= 0.6 is 0 Å². The molecule has 0 spiro atoms. The molecule has 3 N–H and O–H groups in total. The number of anilines is 1. The number of rotatable bonds is 4. The van der Waals surface area contributed by atoms with Crippen molar-refractivity contribution in [3.63, 3.8) is 0 Å². The number of carbonyl (C=O) groups is 1. The maximum atomic E-state index is 11.3. The topological polar surface area (TPSA) is 113 Å². The fraction of sp³-hybridized carbons (Fsp3) is 0.429. The smallest absolute Gasteiger partial charge is 0.422 e. The molecule has 1 amide bonds. The summed E-state index contributed by atoms with van der Waals surface area (Å²) in [4.78, 5) is 11.0. The highest BCUT2D eigenvalue weighted by atomic mass is 32.2. The van der Waals surface area contributed by atoms with Gasteiger partial charge in [-0.3, -0.25) is 9.82 Å². The quantitative estimate of drug-likeness (QED) is 0.704. The van der Waals surface area contributed by atoms with Crippen molar-refractivity contribution in [2.24, 2.45) is 0 Å². The Balaban J connectivity index is 2.55. The van der Waals surface area contributed by atoms with E-state index in [1.807, 2.05) is 0 Å². The molecule has 0 saturated heterocycles. The third-order valence-electron chi connectivity index (χ3n) is 1.31. The zero-order valence-electron chi connectivity index (χ0n) is 8.72. The van der Waals surface area contributed by atoms with Gasteiger partial charge in [-0.2, -0.15) is 13.5 Å². The van der Waals surface area contributed by atoms with Crippen LogP contribution in [0.2, 0.25) is 0 Å². The van der Waals surface area contributed by atoms with E-state index < -0.39 is 22.4 Å². The standard InChI is InChI=1S/C7H12N4O4S/c1-5(2)15-7(12)11-16(13,14)10-6-3-8-9-4-6/h3-5,10H,1-2H3,(H,8,9)(H,11,12). The highest BCUT2D eigenvalue weighted by Crippen LogP contribution is 2.03. The second-order valence-electron chi connectivity index (χ2n) is 3.15. The molecular formula is C7H12N4O4S. The van der Waals surface area contributed by atoms with Crippen molar-refractivity contribution in [3.05, 3.63) is 12.4 Å². The molecule has 1 aromatic heterocycles. The highest BCUT2D eigenvalue weighted by Gasteiger charge is 2.16. The van der Waals surface area contributed by atoms with E-state index in [1.54, 1.807) is 18.6 Å². The normalized spacial score (nSPS) is 11.2. The predicted molar refractivity (Wildman–Crippen MR) is 55.9 cm³/mol. The SMILES string of the molecule is CC(C)OC(=O)NS(=O)(=O)Nc1cn[nH]c1. The number of ether oxygens (including phenoxy) is 1. The molecule has 1 rings (SSSR count). The van der Waals surface area contributed by atoms with E-state index in [4.69, 9.17) is 0 Å². The van der Waals surface area contributed by atoms with Crippen LogP contribution in [-0.4, -0.2) is 30.8 Å². The zero-order valence-corrected chi connectivity index (χ0v) is 9.54. The minimum Gasteiger partial charge on any atom is -0.446 e. The van der Waals surface area contributed by atoms with E-state index in [0.29, 0.717) is 0 Å². The lowest BCUT2D eigenvalue weighted by Crippen LogP contribution is -2.36. The lowest BCUT2D eigenvalue weighted by molar-refractivity contribution is 0.121. The molecule has 8 nitrogen and oxygen atoms in total. The van der Waals surface area contributed by atoms with Gasteiger partial charge in [-0.25, -0.2) is 9.52 Å². The summed E-state index contributed by atoms with van der Waals surface area (Å²) < 4.78 is 31.0. The van der Waals surface area contributed by atoms with E-state index in [2.05, 4.69) is 19.7 Å². The number of aromatic amines is 1. The third kappa shape index (κ3) is 4.17. The van der Waals surface area contributed by atoms with Crippen molar-refractivity contribution in [1.82, 2.24) is 14.9 Å². The molecule has 0 bridgehead atoms. The molecule has 0 saturated carbocycles. The first-order valence-corrected chi connectivity index (χ1v) is 5.87. The summed E-state index contributed by atoms with van der Waals surface area (Å²) in [5.74, 6) is 0. The molecule has 1 aromatic rings. The number of nitrogens with zero attached hydrogens (tertiary/aromatic N) is 1. The Morgan fingerprint density at radius 2 is 2.25 bits per heavy atom. The second kappa shape index (κ2) is 4.84. The Bertz CT molecular complexity index is 439. The van der Waals surface area contributed by atoms with Crippen LogP contribution in [0.5, 0.6) is 0 Å². The highest BCUT2D eigenvalue weighted by molar-refractivity contribution is 7.91. The lowest BCUT2D eigenvalue weighted by atomic mass is 10.5. The van der Waals surface area contributed by atoms with Gasteiger partial charge in [-0.1, -0.05) is 0 Å². The monoisotopic (exact) mass is 248 g/mol. The van der Waals surface area contributed by atoms with Crippen molar-refractivity contribution in [3.8, 4) is 0 Å². The average molecular weight is 248 g/mol. The summed E-state index contributed by atoms with van der Waals surface area (Å²) in [6, 6.07) is 0. The van der Waals surface area contributed by atoms with Crippen LogP contribution in [0, 0.1) is 0 Å². The summed E-state index contributed by atoms with van der Waals surface area (Å²) >= 11 is 0. The van der Waals surface area contributed by atoms with Gasteiger partial charge < -0.3 is 4.74 Å². The average Bonchev–Trinajstić information content (AvgIpc) is 2.51. The summed E-state index contributed by atoms with van der Waals surface area (Å²) in [5, 5.41) is 5.95. The van der Waals surface area contributed by atoms with Crippen molar-refractivity contribution >= 4 is 22.0 Å². The number of aromatic nitrogens is 2. The van der Waals surface area contributed by atoms with Gasteiger partial charge in [-0.05, 0) is 13.8 Å². The minimum absolute atomic E-state index is 0.213. The molecule has 0 aliphatic rings. The molecule has 1 heterocycles. The van der Waals surface area contributed by atoms with Gasteiger partial charge in [-0.15, -0.1) is 0 Å². The van der Waals surface area contributed by atoms with Gasteiger partial charge in [0, 0.05) is 6.20 Å². The van der Waals surface area contributed by atoms with Gasteiger partial charge in [0.15, 0.2) is 0 Å². The molecule has 0 aromatic carbocycles. The van der Waals surface area contributed by atoms with Crippen LogP contribution in [-0.2, 0) is 14.9 Å². The fourth-order valence-corrected chi connectivity index (χ4v) is 1.58. The van der Waals surface area contributed by atoms with E-state index in [9.17, 15) is 13.2 Å². The number of hydrogen-bond donors (Lipinski definition) is 3. The first kappa shape index (κ1) is 12.3. The van der Waals surface area contributed by atoms with Crippen LogP contribution in [0.15, 0.2) is 12.4 Å². The molecular weight excluding hydrogens is 236 g/mol. The number of carbonyl (C=O) groups excluding carboxylic acids is 1. The number of amides is 1. The maximum Gasteiger partial charge on any atom is 0.422 e. The van der Waals surface area contributed by atoms with Crippen molar-refractivity contribution in [2.45, 2.75) is 20.0 Å². The fourth-order valence-electron chi connectivity index (χ4n) is 0.835. The molecule has 16 heavy (non-hydrogen) atoms. The maximum absolute atomic E-state index is 11.3. The third-order valence-corrected chi connectivity index (χ3v) is 2.25. The predicted octanol–water partition coefficient (Wildman–Crippen LogP) is 0.201. The van der Waals surface area contributed by atoms with Gasteiger partial charge in [0.2, 0.25) is 0 Å². The van der Waals surface area contributed by atoms with Gasteiger partial charge in [0.25, 0.3) is 0 Å². The zero-order chi connectivity index (χ0) is 12.2. The van der Waals surface area contributed by atoms with Crippen LogP contribution in [0.3, 0.4) is 0 Å². The Morgan fingerprint density at radius 1 is 1.56 bits per heavy atom. The van der Waals surface area contributed by atoms with E-state index in [1.165, 1.54) is 12.4 Å². The van der Waals surface area contributed by atoms with E-state index >= 15 is 0 Å². The summed E-state index contributed by atoms with van der Waals surface area (Å²) in [5.41, 5.74) is 0.213. The van der Waals surface area contributed by atoms with Crippen molar-refractivity contribution in [1.29, 1.82) is 0 Å². The minimum atomic E-state index is -3.98. The lowest BCUT2D eigenvalue weighted by Gasteiger charge is -2.10. The summed E-state index contributed by atoms with van der Waals surface area (Å²) in [6.07, 6.45) is 1.15. The van der Waals surface area contributed by atoms with Crippen molar-refractivity contribution < 1.29 is 17.9 Å². The summed E-state index contributed by atoms with van der Waals surface area (Å²) in [6.45, 7) is 3.21. The van der Waals surface area contributed by atoms with E-state index in [0.717, 1.165) is 0 Å². The molecule has 0 fully saturated rings. The number of H-pyrrole nitrogens is 1. The molecule has 0 radical (unpaired) electrons. The largest absolute Gasteiger partial charge is 0.446 e. The summed E-state index contributed by atoms with van der Waals surface area (Å²) in [7, 11) is -3.98. The van der Waals surface area contributed by atoms with Gasteiger partial charge in [0.05, 0.1) is 18.0 Å². The van der Waals surface area contributed by atoms with Crippen LogP contribution < -0.4 is 9.44 Å². The van der Waals surface area contributed by atoms with Gasteiger partial charge >= 0.3 is 16.3 Å². The Kier molecular flexibility index (Phi) is 3.72. The molecule has 0 aliphatic heterocycles. The Labute approximate surface area is 92.6 Å². The van der Waals surface area contributed by atoms with Crippen LogP contribution in [0.25, 0.3) is 0 Å². The molecule has 0 aliphatic carbocycles. The number of hydrogen-bond acceptors (Lipinski definition) is 5. The van der Waals surface area contributed by atoms with E-state index in [-0.39, 0.29) is 5.69 Å². The molecule has 0 unspecified atom stereocenters. The van der Waals surface area contributed by atoms with Crippen LogP contribution in [0.4, 0.5) is 10.5 Å². The second-order valence-corrected chi connectivity index (χ2v) is 4.56. The molecule has 0 atom stereocenters. The first-order valence-electron chi connectivity index (χ1n) is 4.39. The molecule has 90 valence electrons. The van der Waals surface area contributed by atoms with Gasteiger partial charge in [0.1, 0.15) is 0 Å². The first-order chi connectivity index (χ1) is 7.39. The number of nitrogens with one attached hydrogen (secondary N) is 3. The van der Waals surface area contributed by atoms with Crippen LogP contribution in [0.1, 0.15) is 13.8 Å². The Hall–Kier alpha value is -1.77. The van der Waals surface area contributed by atoms with Crippen molar-refractivity contribution in [2.75, 3.05) is 4.72 Å². The Morgan fingerprint density at radius 3 is 2.75 bits per heavy atom. The molecule has 9 heteroatoms.